The van der Waals surface area contributed by atoms with Crippen LogP contribution in [0.4, 0.5) is 0 Å². The van der Waals surface area contributed by atoms with Gasteiger partial charge >= 0.3 is 5.97 Å². The average molecular weight is 296 g/mol. The molecule has 0 amide bonds. The lowest BCUT2D eigenvalue weighted by Crippen LogP contribution is -2.62. The van der Waals surface area contributed by atoms with Gasteiger partial charge in [0.2, 0.25) is 0 Å². The molecule has 1 aliphatic heterocycles. The number of hydrogen-bond acceptors (Lipinski definition) is 3. The smallest absolute Gasteiger partial charge is 0.325 e. The standard InChI is InChI=1S/C17H32N2O2/c1-4-10-18-17(15(20)21,14-6-7-14)13-19-11-8-16(3,5-2)9-12-19/h14,18H,4-13H2,1-3H3,(H,20,21). The van der Waals surface area contributed by atoms with E-state index in [1.165, 1.54) is 19.3 Å². The second-order valence-electron chi connectivity index (χ2n) is 7.42. The maximum absolute atomic E-state index is 12.0. The average Bonchev–Trinajstić information content (AvgIpc) is 3.30. The molecule has 1 aliphatic carbocycles. The van der Waals surface area contributed by atoms with Gasteiger partial charge in [0.05, 0.1) is 0 Å². The maximum atomic E-state index is 12.0. The highest BCUT2D eigenvalue weighted by Gasteiger charge is 2.52. The zero-order valence-electron chi connectivity index (χ0n) is 14.0. The monoisotopic (exact) mass is 296 g/mol. The summed E-state index contributed by atoms with van der Waals surface area (Å²) in [5.41, 5.74) is -0.255. The van der Waals surface area contributed by atoms with E-state index >= 15 is 0 Å². The van der Waals surface area contributed by atoms with Crippen molar-refractivity contribution in [3.8, 4) is 0 Å². The van der Waals surface area contributed by atoms with Crippen molar-refractivity contribution in [2.24, 2.45) is 11.3 Å². The van der Waals surface area contributed by atoms with Gasteiger partial charge in [-0.1, -0.05) is 27.2 Å². The molecule has 0 aromatic heterocycles. The zero-order chi connectivity index (χ0) is 15.5. The van der Waals surface area contributed by atoms with Crippen LogP contribution >= 0.6 is 0 Å². The van der Waals surface area contributed by atoms with Crippen molar-refractivity contribution < 1.29 is 9.90 Å². The van der Waals surface area contributed by atoms with Gasteiger partial charge in [-0.3, -0.25) is 4.79 Å². The van der Waals surface area contributed by atoms with Gasteiger partial charge < -0.3 is 15.3 Å². The molecule has 1 atom stereocenters. The Morgan fingerprint density at radius 2 is 1.95 bits per heavy atom. The van der Waals surface area contributed by atoms with E-state index in [1.54, 1.807) is 0 Å². The van der Waals surface area contributed by atoms with Gasteiger partial charge in [-0.25, -0.2) is 0 Å². The molecule has 0 radical (unpaired) electrons. The third-order valence-corrected chi connectivity index (χ3v) is 5.74. The molecule has 0 bridgehead atoms. The lowest BCUT2D eigenvalue weighted by molar-refractivity contribution is -0.147. The summed E-state index contributed by atoms with van der Waals surface area (Å²) >= 11 is 0. The topological polar surface area (TPSA) is 52.6 Å². The third kappa shape index (κ3) is 3.78. The molecule has 0 aromatic carbocycles. The first kappa shape index (κ1) is 16.8. The highest BCUT2D eigenvalue weighted by molar-refractivity contribution is 5.80. The predicted octanol–water partition coefficient (Wildman–Crippen LogP) is 2.73. The van der Waals surface area contributed by atoms with E-state index in [4.69, 9.17) is 0 Å². The number of rotatable bonds is 8. The fraction of sp³-hybridized carbons (Fsp3) is 0.941. The molecule has 1 saturated heterocycles. The highest BCUT2D eigenvalue weighted by Crippen LogP contribution is 2.42. The number of carboxylic acid groups (broad SMARTS) is 1. The van der Waals surface area contributed by atoms with Crippen molar-refractivity contribution in [3.05, 3.63) is 0 Å². The number of nitrogens with one attached hydrogen (secondary N) is 1. The zero-order valence-corrected chi connectivity index (χ0v) is 14.0. The first-order valence-corrected chi connectivity index (χ1v) is 8.66. The Balaban J connectivity index is 2.00. The summed E-state index contributed by atoms with van der Waals surface area (Å²) in [7, 11) is 0. The predicted molar refractivity (Wildman–Crippen MR) is 85.5 cm³/mol. The molecule has 2 rings (SSSR count). The molecular formula is C17H32N2O2. The quantitative estimate of drug-likeness (QED) is 0.723. The lowest BCUT2D eigenvalue weighted by atomic mass is 9.77. The van der Waals surface area contributed by atoms with Crippen molar-refractivity contribution in [1.82, 2.24) is 10.2 Å². The number of carbonyl (C=O) groups is 1. The number of hydrogen-bond donors (Lipinski definition) is 2. The summed E-state index contributed by atoms with van der Waals surface area (Å²) in [4.78, 5) is 14.4. The Hall–Kier alpha value is -0.610. The fourth-order valence-electron chi connectivity index (χ4n) is 3.53. The summed E-state index contributed by atoms with van der Waals surface area (Å²) in [5, 5.41) is 13.2. The Labute approximate surface area is 129 Å². The van der Waals surface area contributed by atoms with E-state index < -0.39 is 11.5 Å². The van der Waals surface area contributed by atoms with Crippen LogP contribution in [-0.4, -0.2) is 47.7 Å². The SMILES string of the molecule is CCCNC(CN1CCC(C)(CC)CC1)(C(=O)O)C1CC1. The minimum atomic E-state index is -0.712. The fourth-order valence-corrected chi connectivity index (χ4v) is 3.53. The second kappa shape index (κ2) is 6.66. The normalized spacial score (nSPS) is 25.5. The van der Waals surface area contributed by atoms with Gasteiger partial charge in [0.15, 0.2) is 0 Å². The molecule has 122 valence electrons. The summed E-state index contributed by atoms with van der Waals surface area (Å²) in [5.74, 6) is -0.330. The Bertz CT molecular complexity index is 360. The molecule has 21 heavy (non-hydrogen) atoms. The molecule has 4 nitrogen and oxygen atoms in total. The van der Waals surface area contributed by atoms with E-state index in [9.17, 15) is 9.90 Å². The van der Waals surface area contributed by atoms with Crippen LogP contribution in [0.1, 0.15) is 59.3 Å². The van der Waals surface area contributed by atoms with E-state index in [1.807, 2.05) is 0 Å². The lowest BCUT2D eigenvalue weighted by Gasteiger charge is -2.43. The summed E-state index contributed by atoms with van der Waals surface area (Å²) < 4.78 is 0. The van der Waals surface area contributed by atoms with Crippen molar-refractivity contribution in [3.63, 3.8) is 0 Å². The van der Waals surface area contributed by atoms with Crippen molar-refractivity contribution in [2.45, 2.75) is 64.8 Å². The van der Waals surface area contributed by atoms with Crippen LogP contribution in [0.3, 0.4) is 0 Å². The van der Waals surface area contributed by atoms with Crippen LogP contribution < -0.4 is 5.32 Å². The minimum absolute atomic E-state index is 0.320. The van der Waals surface area contributed by atoms with E-state index in [0.717, 1.165) is 38.9 Å². The second-order valence-corrected chi connectivity index (χ2v) is 7.42. The van der Waals surface area contributed by atoms with Crippen LogP contribution in [0.15, 0.2) is 0 Å². The minimum Gasteiger partial charge on any atom is -0.480 e. The largest absolute Gasteiger partial charge is 0.480 e. The first-order valence-electron chi connectivity index (χ1n) is 8.66. The van der Waals surface area contributed by atoms with Gasteiger partial charge in [-0.05, 0) is 63.1 Å². The van der Waals surface area contributed by atoms with Gasteiger partial charge in [-0.15, -0.1) is 0 Å². The number of likely N-dealkylation sites (tertiary alicyclic amines) is 1. The number of nitrogens with zero attached hydrogens (tertiary/aromatic N) is 1. The summed E-state index contributed by atoms with van der Waals surface area (Å²) in [6.45, 7) is 10.3. The van der Waals surface area contributed by atoms with Crippen LogP contribution in [0.2, 0.25) is 0 Å². The summed E-state index contributed by atoms with van der Waals surface area (Å²) in [6, 6.07) is 0. The highest BCUT2D eigenvalue weighted by atomic mass is 16.4. The molecule has 2 aliphatic rings. The molecular weight excluding hydrogens is 264 g/mol. The van der Waals surface area contributed by atoms with Crippen molar-refractivity contribution in [1.29, 1.82) is 0 Å². The van der Waals surface area contributed by atoms with Gasteiger partial charge in [0.25, 0.3) is 0 Å². The van der Waals surface area contributed by atoms with E-state index in [2.05, 4.69) is 31.0 Å². The number of piperidine rings is 1. The first-order chi connectivity index (χ1) is 9.96. The molecule has 2 N–H and O–H groups in total. The van der Waals surface area contributed by atoms with Crippen molar-refractivity contribution in [2.75, 3.05) is 26.2 Å². The Kier molecular flexibility index (Phi) is 5.31. The van der Waals surface area contributed by atoms with Crippen LogP contribution in [0, 0.1) is 11.3 Å². The van der Waals surface area contributed by atoms with Gasteiger partial charge in [0, 0.05) is 6.54 Å². The van der Waals surface area contributed by atoms with Gasteiger partial charge in [0.1, 0.15) is 5.54 Å². The summed E-state index contributed by atoms with van der Waals surface area (Å²) in [6.07, 6.45) is 6.71. The van der Waals surface area contributed by atoms with Gasteiger partial charge in [-0.2, -0.15) is 0 Å². The molecule has 1 heterocycles. The van der Waals surface area contributed by atoms with Crippen molar-refractivity contribution >= 4 is 5.97 Å². The molecule has 4 heteroatoms. The molecule has 1 saturated carbocycles. The Morgan fingerprint density at radius 1 is 1.33 bits per heavy atom. The third-order valence-electron chi connectivity index (χ3n) is 5.74. The maximum Gasteiger partial charge on any atom is 0.325 e. The van der Waals surface area contributed by atoms with Crippen LogP contribution in [-0.2, 0) is 4.79 Å². The number of aliphatic carboxylic acids is 1. The Morgan fingerprint density at radius 3 is 2.38 bits per heavy atom. The van der Waals surface area contributed by atoms with Crippen LogP contribution in [0.25, 0.3) is 0 Å². The molecule has 2 fully saturated rings. The van der Waals surface area contributed by atoms with E-state index in [-0.39, 0.29) is 0 Å². The number of carboxylic acids is 1. The molecule has 1 unspecified atom stereocenters. The van der Waals surface area contributed by atoms with E-state index in [0.29, 0.717) is 17.9 Å². The van der Waals surface area contributed by atoms with Crippen LogP contribution in [0.5, 0.6) is 0 Å². The molecule has 0 spiro atoms. The molecule has 0 aromatic rings.